The molecule has 1 saturated heterocycles. The quantitative estimate of drug-likeness (QED) is 0.468. The Morgan fingerprint density at radius 2 is 2.13 bits per heavy atom. The highest BCUT2D eigenvalue weighted by molar-refractivity contribution is 5.79. The molecule has 9 heteroatoms. The molecule has 1 aliphatic rings. The van der Waals surface area contributed by atoms with Gasteiger partial charge in [-0.25, -0.2) is 9.38 Å². The van der Waals surface area contributed by atoms with Gasteiger partial charge in [0.1, 0.15) is 18.5 Å². The van der Waals surface area contributed by atoms with Crippen LogP contribution in [0, 0.1) is 12.7 Å². The zero-order valence-corrected chi connectivity index (χ0v) is 18.9. The number of guanidine groups is 1. The number of hydrogen-bond donors (Lipinski definition) is 2. The number of aryl methyl sites for hydroxylation is 1. The molecule has 1 aromatic heterocycles. The third-order valence-corrected chi connectivity index (χ3v) is 5.69. The Morgan fingerprint density at radius 3 is 2.84 bits per heavy atom. The summed E-state index contributed by atoms with van der Waals surface area (Å²) < 4.78 is 21.5. The Bertz CT molecular complexity index is 869. The summed E-state index contributed by atoms with van der Waals surface area (Å²) in [5, 5.41) is 15.1. The fourth-order valence-electron chi connectivity index (χ4n) is 3.71. The zero-order valence-electron chi connectivity index (χ0n) is 18.9. The van der Waals surface area contributed by atoms with Gasteiger partial charge in [0.05, 0.1) is 6.54 Å². The number of para-hydroxylation sites is 1. The minimum Gasteiger partial charge on any atom is -0.486 e. The monoisotopic (exact) mass is 431 g/mol. The molecule has 31 heavy (non-hydrogen) atoms. The Labute approximate surface area is 183 Å². The molecule has 0 bridgehead atoms. The first-order valence-corrected chi connectivity index (χ1v) is 11.0. The van der Waals surface area contributed by atoms with E-state index in [9.17, 15) is 4.39 Å². The van der Waals surface area contributed by atoms with Crippen LogP contribution in [0.3, 0.4) is 0 Å². The van der Waals surface area contributed by atoms with Crippen LogP contribution < -0.4 is 15.4 Å². The molecule has 8 nitrogen and oxygen atoms in total. The largest absolute Gasteiger partial charge is 0.486 e. The number of hydrogen-bond acceptors (Lipinski definition) is 5. The second-order valence-electron chi connectivity index (χ2n) is 7.93. The molecular formula is C22H34FN7O. The van der Waals surface area contributed by atoms with Crippen molar-refractivity contribution >= 4 is 5.96 Å². The maximum atomic E-state index is 13.9. The minimum absolute atomic E-state index is 0.236. The van der Waals surface area contributed by atoms with Crippen molar-refractivity contribution in [1.29, 1.82) is 0 Å². The molecule has 1 fully saturated rings. The highest BCUT2D eigenvalue weighted by atomic mass is 19.1. The molecule has 2 heterocycles. The van der Waals surface area contributed by atoms with Gasteiger partial charge in [-0.3, -0.25) is 4.90 Å². The normalized spacial score (nSPS) is 18.2. The van der Waals surface area contributed by atoms with Crippen molar-refractivity contribution in [2.24, 2.45) is 12.0 Å². The Morgan fingerprint density at radius 1 is 1.32 bits per heavy atom. The summed E-state index contributed by atoms with van der Waals surface area (Å²) in [5.74, 6) is 2.23. The van der Waals surface area contributed by atoms with Gasteiger partial charge in [-0.2, -0.15) is 0 Å². The highest BCUT2D eigenvalue weighted by Crippen LogP contribution is 2.17. The van der Waals surface area contributed by atoms with Crippen LogP contribution >= 0.6 is 0 Å². The molecule has 0 radical (unpaired) electrons. The van der Waals surface area contributed by atoms with Gasteiger partial charge in [0.15, 0.2) is 23.4 Å². The van der Waals surface area contributed by atoms with E-state index in [4.69, 9.17) is 9.73 Å². The van der Waals surface area contributed by atoms with Crippen molar-refractivity contribution in [2.45, 2.75) is 52.3 Å². The zero-order chi connectivity index (χ0) is 22.2. The minimum atomic E-state index is -0.361. The first-order valence-electron chi connectivity index (χ1n) is 11.0. The van der Waals surface area contributed by atoms with E-state index >= 15 is 0 Å². The van der Waals surface area contributed by atoms with Gasteiger partial charge in [0.25, 0.3) is 0 Å². The number of ether oxygens (including phenoxy) is 1. The smallest absolute Gasteiger partial charge is 0.191 e. The van der Waals surface area contributed by atoms with Crippen LogP contribution in [-0.2, 0) is 13.6 Å². The van der Waals surface area contributed by atoms with Gasteiger partial charge >= 0.3 is 0 Å². The van der Waals surface area contributed by atoms with Crippen molar-refractivity contribution in [1.82, 2.24) is 30.3 Å². The number of aromatic nitrogens is 3. The predicted octanol–water partition coefficient (Wildman–Crippen LogP) is 2.25. The number of halogens is 1. The molecule has 2 N–H and O–H groups in total. The summed E-state index contributed by atoms with van der Waals surface area (Å²) >= 11 is 0. The fraction of sp³-hybridized carbons (Fsp3) is 0.591. The lowest BCUT2D eigenvalue weighted by Crippen LogP contribution is -2.46. The van der Waals surface area contributed by atoms with E-state index in [1.54, 1.807) is 18.2 Å². The van der Waals surface area contributed by atoms with Crippen LogP contribution in [0.1, 0.15) is 38.3 Å². The van der Waals surface area contributed by atoms with E-state index in [0.717, 1.165) is 31.3 Å². The van der Waals surface area contributed by atoms with Crippen LogP contribution in [0.5, 0.6) is 5.75 Å². The summed E-state index contributed by atoms with van der Waals surface area (Å²) in [6.07, 6.45) is 2.18. The predicted molar refractivity (Wildman–Crippen MR) is 120 cm³/mol. The number of benzene rings is 1. The SMILES string of the molecule is CCN1CCCC1CNC(=NCc1nnc(C)n1C)NCC(C)Oc1ccccc1F. The number of nitrogens with one attached hydrogen (secondary N) is 2. The maximum absolute atomic E-state index is 13.9. The van der Waals surface area contributed by atoms with Gasteiger partial charge in [-0.05, 0) is 51.9 Å². The summed E-state index contributed by atoms with van der Waals surface area (Å²) in [4.78, 5) is 7.19. The van der Waals surface area contributed by atoms with Crippen molar-refractivity contribution in [3.63, 3.8) is 0 Å². The topological polar surface area (TPSA) is 79.6 Å². The lowest BCUT2D eigenvalue weighted by atomic mass is 10.2. The Kier molecular flexibility index (Phi) is 8.22. The number of rotatable bonds is 9. The molecule has 0 amide bonds. The third-order valence-electron chi connectivity index (χ3n) is 5.69. The average Bonchev–Trinajstić information content (AvgIpc) is 3.35. The third kappa shape index (κ3) is 6.40. The van der Waals surface area contributed by atoms with E-state index in [0.29, 0.717) is 25.1 Å². The maximum Gasteiger partial charge on any atom is 0.191 e. The van der Waals surface area contributed by atoms with Crippen molar-refractivity contribution in [3.05, 3.63) is 41.7 Å². The van der Waals surface area contributed by atoms with Crippen molar-refractivity contribution in [3.8, 4) is 5.75 Å². The summed E-state index contributed by atoms with van der Waals surface area (Å²) in [6.45, 7) is 9.94. The van der Waals surface area contributed by atoms with Gasteiger partial charge < -0.3 is 19.9 Å². The average molecular weight is 432 g/mol. The molecular weight excluding hydrogens is 397 g/mol. The van der Waals surface area contributed by atoms with E-state index in [-0.39, 0.29) is 17.7 Å². The molecule has 1 aliphatic heterocycles. The van der Waals surface area contributed by atoms with Crippen LogP contribution in [0.4, 0.5) is 4.39 Å². The highest BCUT2D eigenvalue weighted by Gasteiger charge is 2.23. The first kappa shape index (κ1) is 23.0. The molecule has 0 saturated carbocycles. The molecule has 2 atom stereocenters. The molecule has 3 rings (SSSR count). The number of nitrogens with zero attached hydrogens (tertiary/aromatic N) is 5. The standard InChI is InChI=1S/C22H34FN7O/c1-5-30-12-8-9-18(30)14-25-22(26-15-21-28-27-17(3)29(21)4)24-13-16(2)31-20-11-7-6-10-19(20)23/h6-7,10-11,16,18H,5,8-9,12-15H2,1-4H3,(H2,24,25,26). The Hall–Kier alpha value is -2.68. The van der Waals surface area contributed by atoms with Crippen LogP contribution in [0.15, 0.2) is 29.3 Å². The van der Waals surface area contributed by atoms with Crippen LogP contribution in [0.2, 0.25) is 0 Å². The van der Waals surface area contributed by atoms with Crippen molar-refractivity contribution in [2.75, 3.05) is 26.2 Å². The van der Waals surface area contributed by atoms with Crippen molar-refractivity contribution < 1.29 is 9.13 Å². The van der Waals surface area contributed by atoms with Gasteiger partial charge in [0.2, 0.25) is 0 Å². The second-order valence-corrected chi connectivity index (χ2v) is 7.93. The lowest BCUT2D eigenvalue weighted by Gasteiger charge is -2.24. The number of likely N-dealkylation sites (N-methyl/N-ethyl adjacent to an activating group) is 1. The van der Waals surface area contributed by atoms with Gasteiger partial charge in [0, 0.05) is 19.6 Å². The van der Waals surface area contributed by atoms with Gasteiger partial charge in [-0.15, -0.1) is 10.2 Å². The Balaban J connectivity index is 1.60. The molecule has 2 aromatic rings. The first-order chi connectivity index (χ1) is 15.0. The van der Waals surface area contributed by atoms with Gasteiger partial charge in [-0.1, -0.05) is 19.1 Å². The second kappa shape index (κ2) is 11.1. The van der Waals surface area contributed by atoms with E-state index in [1.807, 2.05) is 25.5 Å². The van der Waals surface area contributed by atoms with Crippen LogP contribution in [-0.4, -0.2) is 63.9 Å². The van der Waals surface area contributed by atoms with E-state index < -0.39 is 0 Å². The molecule has 1 aromatic carbocycles. The summed E-state index contributed by atoms with van der Waals surface area (Å²) in [5.41, 5.74) is 0. The van der Waals surface area contributed by atoms with E-state index in [2.05, 4.69) is 32.7 Å². The number of aliphatic imine (C=N–C) groups is 1. The molecule has 2 unspecified atom stereocenters. The molecule has 0 spiro atoms. The molecule has 0 aliphatic carbocycles. The lowest BCUT2D eigenvalue weighted by molar-refractivity contribution is 0.213. The van der Waals surface area contributed by atoms with Crippen LogP contribution in [0.25, 0.3) is 0 Å². The summed E-state index contributed by atoms with van der Waals surface area (Å²) in [6, 6.07) is 6.94. The summed E-state index contributed by atoms with van der Waals surface area (Å²) in [7, 11) is 1.93. The molecule has 170 valence electrons. The fourth-order valence-corrected chi connectivity index (χ4v) is 3.71. The van der Waals surface area contributed by atoms with E-state index in [1.165, 1.54) is 18.9 Å². The number of likely N-dealkylation sites (tertiary alicyclic amines) is 1.